The van der Waals surface area contributed by atoms with Gasteiger partial charge < -0.3 is 10.1 Å². The highest BCUT2D eigenvalue weighted by molar-refractivity contribution is 9.10. The van der Waals surface area contributed by atoms with Crippen molar-refractivity contribution in [3.63, 3.8) is 0 Å². The topological polar surface area (TPSA) is 21.3 Å². The third-order valence-corrected chi connectivity index (χ3v) is 3.25. The van der Waals surface area contributed by atoms with Gasteiger partial charge in [0.15, 0.2) is 0 Å². The molecule has 0 spiro atoms. The summed E-state index contributed by atoms with van der Waals surface area (Å²) in [6, 6.07) is 6.88. The van der Waals surface area contributed by atoms with E-state index in [2.05, 4.69) is 33.9 Å². The van der Waals surface area contributed by atoms with E-state index in [9.17, 15) is 0 Å². The smallest absolute Gasteiger partial charge is 0.123 e. The van der Waals surface area contributed by atoms with Crippen molar-refractivity contribution in [1.29, 1.82) is 0 Å². The fourth-order valence-corrected chi connectivity index (χ4v) is 2.03. The zero-order chi connectivity index (χ0) is 12.1. The summed E-state index contributed by atoms with van der Waals surface area (Å²) >= 11 is 3.50. The van der Waals surface area contributed by atoms with E-state index in [4.69, 9.17) is 4.74 Å². The molecule has 1 aromatic carbocycles. The molecule has 1 aliphatic rings. The number of nitrogens with one attached hydrogen (secondary N) is 1. The molecule has 0 radical (unpaired) electrons. The molecule has 17 heavy (non-hydrogen) atoms. The molecule has 0 aliphatic heterocycles. The Hall–Kier alpha value is -0.800. The van der Waals surface area contributed by atoms with Crippen LogP contribution in [0.15, 0.2) is 35.3 Å². The van der Waals surface area contributed by atoms with Gasteiger partial charge in [0.2, 0.25) is 0 Å². The summed E-state index contributed by atoms with van der Waals surface area (Å²) in [5, 5.41) is 3.51. The lowest BCUT2D eigenvalue weighted by molar-refractivity contribution is 0.320. The van der Waals surface area contributed by atoms with Crippen LogP contribution in [0, 0.1) is 0 Å². The second kappa shape index (κ2) is 6.22. The Balaban J connectivity index is 1.97. The van der Waals surface area contributed by atoms with Crippen molar-refractivity contribution >= 4 is 15.9 Å². The maximum absolute atomic E-state index is 5.75. The standard InChI is InChI=1S/C14H18BrNO/c1-2-3-8-17-14-7-4-12(15)9-11(14)10-16-13-5-6-13/h2,4,7,9,13,16H,1,3,5-6,8,10H2. The molecule has 1 aromatic rings. The second-order valence-electron chi connectivity index (χ2n) is 4.33. The van der Waals surface area contributed by atoms with Gasteiger partial charge in [0.05, 0.1) is 6.61 Å². The molecule has 0 atom stereocenters. The second-order valence-corrected chi connectivity index (χ2v) is 5.25. The summed E-state index contributed by atoms with van der Waals surface area (Å²) in [5.41, 5.74) is 1.22. The normalized spacial score (nSPS) is 14.6. The highest BCUT2D eigenvalue weighted by atomic mass is 79.9. The van der Waals surface area contributed by atoms with Crippen LogP contribution in [0.25, 0.3) is 0 Å². The van der Waals surface area contributed by atoms with Crippen LogP contribution < -0.4 is 10.1 Å². The molecule has 0 unspecified atom stereocenters. The van der Waals surface area contributed by atoms with Crippen LogP contribution in [0.1, 0.15) is 24.8 Å². The maximum atomic E-state index is 5.75. The Kier molecular flexibility index (Phi) is 4.63. The molecule has 0 aromatic heterocycles. The molecule has 0 bridgehead atoms. The van der Waals surface area contributed by atoms with Crippen LogP contribution >= 0.6 is 15.9 Å². The first-order valence-electron chi connectivity index (χ1n) is 6.05. The lowest BCUT2D eigenvalue weighted by atomic mass is 10.2. The van der Waals surface area contributed by atoms with Crippen molar-refractivity contribution in [2.45, 2.75) is 31.8 Å². The average Bonchev–Trinajstić information content (AvgIpc) is 3.13. The Morgan fingerprint density at radius 2 is 2.29 bits per heavy atom. The van der Waals surface area contributed by atoms with Crippen LogP contribution in [0.4, 0.5) is 0 Å². The van der Waals surface area contributed by atoms with E-state index in [0.717, 1.165) is 29.2 Å². The zero-order valence-electron chi connectivity index (χ0n) is 9.92. The number of halogens is 1. The summed E-state index contributed by atoms with van der Waals surface area (Å²) in [6.07, 6.45) is 5.37. The Morgan fingerprint density at radius 3 is 3.00 bits per heavy atom. The molecule has 2 nitrogen and oxygen atoms in total. The first-order valence-corrected chi connectivity index (χ1v) is 6.84. The summed E-state index contributed by atoms with van der Waals surface area (Å²) in [6.45, 7) is 5.27. The van der Waals surface area contributed by atoms with Crippen molar-refractivity contribution in [1.82, 2.24) is 5.32 Å². The Bertz CT molecular complexity index is 388. The first kappa shape index (κ1) is 12.7. The van der Waals surface area contributed by atoms with Gasteiger partial charge in [-0.2, -0.15) is 0 Å². The number of benzene rings is 1. The molecule has 2 rings (SSSR count). The molecule has 1 N–H and O–H groups in total. The van der Waals surface area contributed by atoms with Gasteiger partial charge in [-0.05, 0) is 37.5 Å². The fourth-order valence-electron chi connectivity index (χ4n) is 1.62. The Labute approximate surface area is 111 Å². The van der Waals surface area contributed by atoms with E-state index in [1.165, 1.54) is 18.4 Å². The van der Waals surface area contributed by atoms with E-state index < -0.39 is 0 Å². The molecule has 1 fully saturated rings. The largest absolute Gasteiger partial charge is 0.493 e. The van der Waals surface area contributed by atoms with Gasteiger partial charge in [0.25, 0.3) is 0 Å². The van der Waals surface area contributed by atoms with E-state index in [1.807, 2.05) is 18.2 Å². The van der Waals surface area contributed by atoms with Crippen LogP contribution in [-0.4, -0.2) is 12.6 Å². The minimum atomic E-state index is 0.696. The summed E-state index contributed by atoms with van der Waals surface area (Å²) < 4.78 is 6.85. The van der Waals surface area contributed by atoms with E-state index in [0.29, 0.717) is 6.61 Å². The molecule has 0 amide bonds. The molecule has 92 valence electrons. The van der Waals surface area contributed by atoms with Crippen molar-refractivity contribution in [2.75, 3.05) is 6.61 Å². The monoisotopic (exact) mass is 295 g/mol. The highest BCUT2D eigenvalue weighted by Crippen LogP contribution is 2.25. The summed E-state index contributed by atoms with van der Waals surface area (Å²) in [7, 11) is 0. The SMILES string of the molecule is C=CCCOc1ccc(Br)cc1CNC1CC1. The van der Waals surface area contributed by atoms with Gasteiger partial charge in [-0.1, -0.05) is 22.0 Å². The minimum absolute atomic E-state index is 0.696. The van der Waals surface area contributed by atoms with Gasteiger partial charge in [-0.3, -0.25) is 0 Å². The number of hydrogen-bond donors (Lipinski definition) is 1. The van der Waals surface area contributed by atoms with E-state index in [1.54, 1.807) is 0 Å². The fraction of sp³-hybridized carbons (Fsp3) is 0.429. The van der Waals surface area contributed by atoms with Crippen molar-refractivity contribution < 1.29 is 4.74 Å². The lowest BCUT2D eigenvalue weighted by Crippen LogP contribution is -2.16. The van der Waals surface area contributed by atoms with Gasteiger partial charge >= 0.3 is 0 Å². The molecule has 0 heterocycles. The predicted octanol–water partition coefficient (Wildman–Crippen LogP) is 3.66. The van der Waals surface area contributed by atoms with Gasteiger partial charge in [-0.15, -0.1) is 6.58 Å². The number of rotatable bonds is 7. The highest BCUT2D eigenvalue weighted by Gasteiger charge is 2.20. The van der Waals surface area contributed by atoms with Crippen LogP contribution in [-0.2, 0) is 6.54 Å². The van der Waals surface area contributed by atoms with Crippen LogP contribution in [0.3, 0.4) is 0 Å². The number of hydrogen-bond acceptors (Lipinski definition) is 2. The molecule has 3 heteroatoms. The average molecular weight is 296 g/mol. The van der Waals surface area contributed by atoms with Gasteiger partial charge in [0.1, 0.15) is 5.75 Å². The van der Waals surface area contributed by atoms with Crippen molar-refractivity contribution in [2.24, 2.45) is 0 Å². The molecule has 1 aliphatic carbocycles. The summed E-state index contributed by atoms with van der Waals surface area (Å²) in [4.78, 5) is 0. The van der Waals surface area contributed by atoms with Crippen molar-refractivity contribution in [3.05, 3.63) is 40.9 Å². The molecule has 1 saturated carbocycles. The van der Waals surface area contributed by atoms with E-state index >= 15 is 0 Å². The van der Waals surface area contributed by atoms with Crippen LogP contribution in [0.2, 0.25) is 0 Å². The lowest BCUT2D eigenvalue weighted by Gasteiger charge is -2.12. The maximum Gasteiger partial charge on any atom is 0.123 e. The first-order chi connectivity index (χ1) is 8.29. The predicted molar refractivity (Wildman–Crippen MR) is 74.3 cm³/mol. The third kappa shape index (κ3) is 4.17. The van der Waals surface area contributed by atoms with Crippen molar-refractivity contribution in [3.8, 4) is 5.75 Å². The molecule has 0 saturated heterocycles. The minimum Gasteiger partial charge on any atom is -0.493 e. The van der Waals surface area contributed by atoms with Gasteiger partial charge in [-0.25, -0.2) is 0 Å². The number of ether oxygens (including phenoxy) is 1. The third-order valence-electron chi connectivity index (χ3n) is 2.76. The Morgan fingerprint density at radius 1 is 1.47 bits per heavy atom. The van der Waals surface area contributed by atoms with E-state index in [-0.39, 0.29) is 0 Å². The molecular formula is C14H18BrNO. The van der Waals surface area contributed by atoms with Crippen LogP contribution in [0.5, 0.6) is 5.75 Å². The zero-order valence-corrected chi connectivity index (χ0v) is 11.5. The van der Waals surface area contributed by atoms with Gasteiger partial charge in [0, 0.05) is 22.6 Å². The summed E-state index contributed by atoms with van der Waals surface area (Å²) in [5.74, 6) is 0.975. The quantitative estimate of drug-likeness (QED) is 0.612. The molecular weight excluding hydrogens is 278 g/mol.